The molecule has 0 aliphatic heterocycles. The minimum Gasteiger partial charge on any atom is -0.478 e. The molecule has 2 rings (SSSR count). The van der Waals surface area contributed by atoms with E-state index in [1.165, 1.54) is 12.3 Å². The van der Waals surface area contributed by atoms with Crippen LogP contribution >= 0.6 is 11.6 Å². The number of aromatic nitrogens is 1. The summed E-state index contributed by atoms with van der Waals surface area (Å²) in [5.41, 5.74) is 2.05. The quantitative estimate of drug-likeness (QED) is 0.932. The van der Waals surface area contributed by atoms with Gasteiger partial charge in [-0.05, 0) is 30.7 Å². The van der Waals surface area contributed by atoms with Crippen LogP contribution in [0.4, 0.5) is 11.5 Å². The van der Waals surface area contributed by atoms with Gasteiger partial charge in [-0.3, -0.25) is 0 Å². The summed E-state index contributed by atoms with van der Waals surface area (Å²) < 4.78 is 0. The van der Waals surface area contributed by atoms with Gasteiger partial charge >= 0.3 is 5.97 Å². The molecule has 0 spiro atoms. The smallest absolute Gasteiger partial charge is 0.337 e. The van der Waals surface area contributed by atoms with E-state index in [4.69, 9.17) is 16.7 Å². The van der Waals surface area contributed by atoms with Crippen molar-refractivity contribution >= 4 is 29.1 Å². The van der Waals surface area contributed by atoms with Crippen LogP contribution in [0.5, 0.6) is 0 Å². The fourth-order valence-electron chi connectivity index (χ4n) is 1.79. The Balaban J connectivity index is 2.47. The van der Waals surface area contributed by atoms with Crippen LogP contribution in [0.15, 0.2) is 36.5 Å². The molecular weight excluding hydrogens is 264 g/mol. The molecular formula is C14H13ClN2O2. The first-order chi connectivity index (χ1) is 9.00. The van der Waals surface area contributed by atoms with Gasteiger partial charge < -0.3 is 10.0 Å². The maximum absolute atomic E-state index is 11.1. The second-order valence-corrected chi connectivity index (χ2v) is 4.58. The largest absolute Gasteiger partial charge is 0.478 e. The van der Waals surface area contributed by atoms with E-state index in [1.54, 1.807) is 11.9 Å². The molecule has 19 heavy (non-hydrogen) atoms. The zero-order chi connectivity index (χ0) is 14.0. The fraction of sp³-hybridized carbons (Fsp3) is 0.143. The number of rotatable bonds is 3. The van der Waals surface area contributed by atoms with Gasteiger partial charge in [0.1, 0.15) is 0 Å². The van der Waals surface area contributed by atoms with Crippen LogP contribution in [-0.2, 0) is 0 Å². The van der Waals surface area contributed by atoms with E-state index in [1.807, 2.05) is 31.2 Å². The van der Waals surface area contributed by atoms with Gasteiger partial charge in [0.05, 0.1) is 10.6 Å². The number of benzene rings is 1. The topological polar surface area (TPSA) is 53.4 Å². The summed E-state index contributed by atoms with van der Waals surface area (Å²) in [5.74, 6) is -0.640. The lowest BCUT2D eigenvalue weighted by Gasteiger charge is -2.20. The van der Waals surface area contributed by atoms with Crippen molar-refractivity contribution < 1.29 is 9.90 Å². The molecule has 0 aliphatic rings. The Bertz CT molecular complexity index is 629. The highest BCUT2D eigenvalue weighted by Crippen LogP contribution is 2.31. The number of carbonyl (C=O) groups is 1. The summed E-state index contributed by atoms with van der Waals surface area (Å²) in [4.78, 5) is 17.0. The molecule has 4 nitrogen and oxygen atoms in total. The third-order valence-electron chi connectivity index (χ3n) is 2.81. The van der Waals surface area contributed by atoms with E-state index in [0.29, 0.717) is 5.82 Å². The van der Waals surface area contributed by atoms with Gasteiger partial charge in [-0.15, -0.1) is 0 Å². The molecule has 0 bridgehead atoms. The maximum atomic E-state index is 11.1. The Kier molecular flexibility index (Phi) is 3.71. The van der Waals surface area contributed by atoms with Gasteiger partial charge in [0, 0.05) is 18.9 Å². The van der Waals surface area contributed by atoms with Crippen molar-refractivity contribution in [2.45, 2.75) is 6.92 Å². The molecule has 1 aromatic carbocycles. The fourth-order valence-corrected chi connectivity index (χ4v) is 2.11. The van der Waals surface area contributed by atoms with E-state index in [-0.39, 0.29) is 10.6 Å². The van der Waals surface area contributed by atoms with Gasteiger partial charge in [0.15, 0.2) is 5.82 Å². The molecule has 1 aromatic heterocycles. The number of hydrogen-bond donors (Lipinski definition) is 1. The summed E-state index contributed by atoms with van der Waals surface area (Å²) in [6.45, 7) is 1.99. The lowest BCUT2D eigenvalue weighted by molar-refractivity contribution is 0.0697. The number of anilines is 2. The molecule has 1 heterocycles. The molecule has 98 valence electrons. The molecule has 0 saturated heterocycles. The Morgan fingerprint density at radius 2 is 2.11 bits per heavy atom. The molecule has 0 atom stereocenters. The van der Waals surface area contributed by atoms with E-state index in [0.717, 1.165) is 11.3 Å². The third kappa shape index (κ3) is 2.69. The summed E-state index contributed by atoms with van der Waals surface area (Å²) in [7, 11) is 1.80. The summed E-state index contributed by atoms with van der Waals surface area (Å²) >= 11 is 6.10. The average molecular weight is 277 g/mol. The molecule has 5 heteroatoms. The Hall–Kier alpha value is -2.07. The number of pyridine rings is 1. The lowest BCUT2D eigenvalue weighted by Crippen LogP contribution is -2.13. The number of aryl methyl sites for hydroxylation is 1. The highest BCUT2D eigenvalue weighted by atomic mass is 35.5. The SMILES string of the molecule is Cc1cccc(N(C)c2nccc(C(=O)O)c2Cl)c1. The second-order valence-electron chi connectivity index (χ2n) is 4.20. The normalized spacial score (nSPS) is 10.3. The van der Waals surface area contributed by atoms with Gasteiger partial charge in [-0.1, -0.05) is 23.7 Å². The molecule has 0 radical (unpaired) electrons. The van der Waals surface area contributed by atoms with Crippen molar-refractivity contribution in [3.63, 3.8) is 0 Å². The number of hydrogen-bond acceptors (Lipinski definition) is 3. The molecule has 0 amide bonds. The number of carboxylic acid groups (broad SMARTS) is 1. The zero-order valence-electron chi connectivity index (χ0n) is 10.6. The average Bonchev–Trinajstić information content (AvgIpc) is 2.38. The molecule has 2 aromatic rings. The molecule has 1 N–H and O–H groups in total. The molecule has 0 fully saturated rings. The van der Waals surface area contributed by atoms with Crippen LogP contribution in [0.1, 0.15) is 15.9 Å². The number of carboxylic acids is 1. The van der Waals surface area contributed by atoms with Gasteiger partial charge in [-0.2, -0.15) is 0 Å². The van der Waals surface area contributed by atoms with Crippen LogP contribution in [0.25, 0.3) is 0 Å². The minimum absolute atomic E-state index is 0.0474. The van der Waals surface area contributed by atoms with Gasteiger partial charge in [0.25, 0.3) is 0 Å². The zero-order valence-corrected chi connectivity index (χ0v) is 11.3. The Labute approximate surface area is 116 Å². The van der Waals surface area contributed by atoms with E-state index in [2.05, 4.69) is 4.98 Å². The minimum atomic E-state index is -1.06. The third-order valence-corrected chi connectivity index (χ3v) is 3.18. The molecule has 0 aliphatic carbocycles. The molecule has 0 saturated carbocycles. The predicted molar refractivity (Wildman–Crippen MR) is 75.4 cm³/mol. The van der Waals surface area contributed by atoms with Gasteiger partial charge in [0.2, 0.25) is 0 Å². The summed E-state index contributed by atoms with van der Waals surface area (Å²) in [6, 6.07) is 9.19. The van der Waals surface area contributed by atoms with E-state index < -0.39 is 5.97 Å². The van der Waals surface area contributed by atoms with Crippen LogP contribution < -0.4 is 4.90 Å². The monoisotopic (exact) mass is 276 g/mol. The predicted octanol–water partition coefficient (Wildman–Crippen LogP) is 3.51. The van der Waals surface area contributed by atoms with Crippen LogP contribution in [0.3, 0.4) is 0 Å². The van der Waals surface area contributed by atoms with Crippen molar-refractivity contribution in [1.82, 2.24) is 4.98 Å². The summed E-state index contributed by atoms with van der Waals surface area (Å²) in [6.07, 6.45) is 1.44. The van der Waals surface area contributed by atoms with Crippen molar-refractivity contribution in [2.24, 2.45) is 0 Å². The van der Waals surface area contributed by atoms with Crippen molar-refractivity contribution in [1.29, 1.82) is 0 Å². The first-order valence-electron chi connectivity index (χ1n) is 5.69. The number of nitrogens with zero attached hydrogens (tertiary/aromatic N) is 2. The first-order valence-corrected chi connectivity index (χ1v) is 6.06. The van der Waals surface area contributed by atoms with Crippen molar-refractivity contribution in [3.05, 3.63) is 52.7 Å². The van der Waals surface area contributed by atoms with Crippen molar-refractivity contribution in [2.75, 3.05) is 11.9 Å². The lowest BCUT2D eigenvalue weighted by atomic mass is 10.2. The Morgan fingerprint density at radius 3 is 2.74 bits per heavy atom. The summed E-state index contributed by atoms with van der Waals surface area (Å²) in [5, 5.41) is 9.19. The van der Waals surface area contributed by atoms with Crippen LogP contribution in [0, 0.1) is 6.92 Å². The van der Waals surface area contributed by atoms with Crippen LogP contribution in [-0.4, -0.2) is 23.1 Å². The number of halogens is 1. The molecule has 0 unspecified atom stereocenters. The van der Waals surface area contributed by atoms with Crippen LogP contribution in [0.2, 0.25) is 5.02 Å². The van der Waals surface area contributed by atoms with Gasteiger partial charge in [-0.25, -0.2) is 9.78 Å². The first kappa shape index (κ1) is 13.4. The second kappa shape index (κ2) is 5.28. The highest BCUT2D eigenvalue weighted by molar-refractivity contribution is 6.36. The maximum Gasteiger partial charge on any atom is 0.337 e. The van der Waals surface area contributed by atoms with Crippen molar-refractivity contribution in [3.8, 4) is 0 Å². The number of aromatic carboxylic acids is 1. The van der Waals surface area contributed by atoms with E-state index in [9.17, 15) is 4.79 Å². The van der Waals surface area contributed by atoms with E-state index >= 15 is 0 Å². The standard InChI is InChI=1S/C14H13ClN2O2/c1-9-4-3-5-10(8-9)17(2)13-12(15)11(14(18)19)6-7-16-13/h3-8H,1-2H3,(H,18,19). The highest BCUT2D eigenvalue weighted by Gasteiger charge is 2.16. The Morgan fingerprint density at radius 1 is 1.37 bits per heavy atom.